The van der Waals surface area contributed by atoms with Crippen LogP contribution in [0.4, 0.5) is 0 Å². The minimum atomic E-state index is -3.07. The standard InChI is InChI=1S/C19H28N4O3S/c1-14-16-6-4-5-7-17(16)26-18(14)13-22-19(20-2)21-12-15-8-10-23(11-9-15)27(3,24)25/h4-7,15H,8-13H2,1-3H3,(H2,20,21,22). The number of rotatable bonds is 5. The van der Waals surface area contributed by atoms with Crippen molar-refractivity contribution in [2.45, 2.75) is 26.3 Å². The molecule has 0 spiro atoms. The van der Waals surface area contributed by atoms with Crippen molar-refractivity contribution in [2.75, 3.05) is 32.9 Å². The van der Waals surface area contributed by atoms with Crippen molar-refractivity contribution < 1.29 is 12.8 Å². The van der Waals surface area contributed by atoms with Gasteiger partial charge in [0, 0.05) is 37.6 Å². The van der Waals surface area contributed by atoms with Crippen LogP contribution in [0.3, 0.4) is 0 Å². The first kappa shape index (κ1) is 19.7. The lowest BCUT2D eigenvalue weighted by Gasteiger charge is -2.30. The molecule has 0 bridgehead atoms. The zero-order valence-corrected chi connectivity index (χ0v) is 17.0. The molecule has 0 amide bonds. The SMILES string of the molecule is CN=C(NCc1oc2ccccc2c1C)NCC1CCN(S(C)(=O)=O)CC1. The average Bonchev–Trinajstić information content (AvgIpc) is 2.98. The first-order valence-corrected chi connectivity index (χ1v) is 11.1. The maximum Gasteiger partial charge on any atom is 0.211 e. The van der Waals surface area contributed by atoms with E-state index in [1.165, 1.54) is 6.26 Å². The normalized spacial score (nSPS) is 17.4. The molecule has 2 aromatic rings. The zero-order valence-electron chi connectivity index (χ0n) is 16.2. The molecule has 1 aromatic heterocycles. The van der Waals surface area contributed by atoms with Crippen LogP contribution < -0.4 is 10.6 Å². The monoisotopic (exact) mass is 392 g/mol. The Morgan fingerprint density at radius 3 is 2.59 bits per heavy atom. The Hall–Kier alpha value is -2.06. The van der Waals surface area contributed by atoms with Gasteiger partial charge < -0.3 is 15.1 Å². The summed E-state index contributed by atoms with van der Waals surface area (Å²) in [5.41, 5.74) is 2.04. The van der Waals surface area contributed by atoms with E-state index in [4.69, 9.17) is 4.42 Å². The van der Waals surface area contributed by atoms with E-state index in [0.717, 1.165) is 47.6 Å². The summed E-state index contributed by atoms with van der Waals surface area (Å²) in [5, 5.41) is 7.78. The number of hydrogen-bond acceptors (Lipinski definition) is 4. The van der Waals surface area contributed by atoms with Crippen LogP contribution >= 0.6 is 0 Å². The van der Waals surface area contributed by atoms with Gasteiger partial charge >= 0.3 is 0 Å². The Labute approximate surface area is 160 Å². The van der Waals surface area contributed by atoms with Gasteiger partial charge in [-0.15, -0.1) is 0 Å². The third-order valence-electron chi connectivity index (χ3n) is 5.18. The fourth-order valence-electron chi connectivity index (χ4n) is 3.46. The molecule has 2 N–H and O–H groups in total. The van der Waals surface area contributed by atoms with E-state index in [-0.39, 0.29) is 0 Å². The molecule has 0 unspecified atom stereocenters. The van der Waals surface area contributed by atoms with E-state index in [9.17, 15) is 8.42 Å². The summed E-state index contributed by atoms with van der Waals surface area (Å²) in [5.74, 6) is 2.07. The van der Waals surface area contributed by atoms with E-state index < -0.39 is 10.0 Å². The van der Waals surface area contributed by atoms with Gasteiger partial charge in [0.15, 0.2) is 5.96 Å². The maximum atomic E-state index is 11.6. The number of aryl methyl sites for hydroxylation is 1. The molecule has 2 heterocycles. The van der Waals surface area contributed by atoms with Gasteiger partial charge in [0.1, 0.15) is 11.3 Å². The predicted molar refractivity (Wildman–Crippen MR) is 108 cm³/mol. The van der Waals surface area contributed by atoms with Crippen LogP contribution in [0.5, 0.6) is 0 Å². The molecule has 8 heteroatoms. The predicted octanol–water partition coefficient (Wildman–Crippen LogP) is 2.08. The molecule has 0 aliphatic carbocycles. The smallest absolute Gasteiger partial charge is 0.211 e. The molecule has 27 heavy (non-hydrogen) atoms. The molecule has 0 atom stereocenters. The lowest BCUT2D eigenvalue weighted by Crippen LogP contribution is -2.43. The van der Waals surface area contributed by atoms with Gasteiger partial charge in [-0.1, -0.05) is 18.2 Å². The van der Waals surface area contributed by atoms with E-state index in [1.54, 1.807) is 11.4 Å². The van der Waals surface area contributed by atoms with Crippen LogP contribution in [0.2, 0.25) is 0 Å². The van der Waals surface area contributed by atoms with Crippen LogP contribution in [-0.4, -0.2) is 51.6 Å². The minimum Gasteiger partial charge on any atom is -0.459 e. The fraction of sp³-hybridized carbons (Fsp3) is 0.526. The van der Waals surface area contributed by atoms with Crippen molar-refractivity contribution in [1.82, 2.24) is 14.9 Å². The van der Waals surface area contributed by atoms with Gasteiger partial charge in [-0.05, 0) is 31.7 Å². The number of guanidine groups is 1. The Morgan fingerprint density at radius 2 is 1.96 bits per heavy atom. The number of para-hydroxylation sites is 1. The molecule has 7 nitrogen and oxygen atoms in total. The van der Waals surface area contributed by atoms with E-state index in [0.29, 0.717) is 25.6 Å². The number of fused-ring (bicyclic) bond motifs is 1. The highest BCUT2D eigenvalue weighted by atomic mass is 32.2. The van der Waals surface area contributed by atoms with Gasteiger partial charge in [0.25, 0.3) is 0 Å². The first-order chi connectivity index (χ1) is 12.9. The summed E-state index contributed by atoms with van der Waals surface area (Å²) in [6, 6.07) is 8.02. The number of furan rings is 1. The van der Waals surface area contributed by atoms with Crippen LogP contribution in [0.25, 0.3) is 11.0 Å². The topological polar surface area (TPSA) is 86.9 Å². The highest BCUT2D eigenvalue weighted by molar-refractivity contribution is 7.88. The lowest BCUT2D eigenvalue weighted by molar-refractivity contribution is 0.274. The van der Waals surface area contributed by atoms with Crippen molar-refractivity contribution in [2.24, 2.45) is 10.9 Å². The summed E-state index contributed by atoms with van der Waals surface area (Å²) in [6.45, 7) is 4.59. The minimum absolute atomic E-state index is 0.439. The van der Waals surface area contributed by atoms with Crippen molar-refractivity contribution in [1.29, 1.82) is 0 Å². The van der Waals surface area contributed by atoms with E-state index >= 15 is 0 Å². The number of aliphatic imine (C=N–C) groups is 1. The Kier molecular flexibility index (Phi) is 6.06. The number of piperidine rings is 1. The van der Waals surface area contributed by atoms with Crippen LogP contribution in [0.15, 0.2) is 33.7 Å². The number of hydrogen-bond donors (Lipinski definition) is 2. The first-order valence-electron chi connectivity index (χ1n) is 9.25. The summed E-state index contributed by atoms with van der Waals surface area (Å²) in [4.78, 5) is 4.27. The van der Waals surface area contributed by atoms with Gasteiger partial charge in [0.05, 0.1) is 12.8 Å². The molecule has 3 rings (SSSR count). The number of nitrogens with one attached hydrogen (secondary N) is 2. The summed E-state index contributed by atoms with van der Waals surface area (Å²) in [6.07, 6.45) is 3.00. The highest BCUT2D eigenvalue weighted by Crippen LogP contribution is 2.24. The second kappa shape index (κ2) is 8.31. The van der Waals surface area contributed by atoms with E-state index in [1.807, 2.05) is 18.2 Å². The molecule has 1 fully saturated rings. The zero-order chi connectivity index (χ0) is 19.4. The van der Waals surface area contributed by atoms with Crippen LogP contribution in [0.1, 0.15) is 24.2 Å². The molecular weight excluding hydrogens is 364 g/mol. The van der Waals surface area contributed by atoms with Gasteiger partial charge in [-0.25, -0.2) is 12.7 Å². The number of benzene rings is 1. The van der Waals surface area contributed by atoms with Crippen molar-refractivity contribution >= 4 is 27.0 Å². The van der Waals surface area contributed by atoms with Gasteiger partial charge in [-0.2, -0.15) is 0 Å². The largest absolute Gasteiger partial charge is 0.459 e. The Bertz CT molecular complexity index is 912. The molecular formula is C19H28N4O3S. The fourth-order valence-corrected chi connectivity index (χ4v) is 4.34. The summed E-state index contributed by atoms with van der Waals surface area (Å²) < 4.78 is 30.7. The second-order valence-electron chi connectivity index (χ2n) is 7.06. The third-order valence-corrected chi connectivity index (χ3v) is 6.49. The Morgan fingerprint density at radius 1 is 1.26 bits per heavy atom. The number of sulfonamides is 1. The summed E-state index contributed by atoms with van der Waals surface area (Å²) in [7, 11) is -1.33. The molecule has 0 saturated carbocycles. The van der Waals surface area contributed by atoms with Crippen molar-refractivity contribution in [3.05, 3.63) is 35.6 Å². The molecule has 1 aliphatic rings. The van der Waals surface area contributed by atoms with Crippen LogP contribution in [0, 0.1) is 12.8 Å². The van der Waals surface area contributed by atoms with E-state index in [2.05, 4.69) is 28.6 Å². The number of nitrogens with zero attached hydrogens (tertiary/aromatic N) is 2. The molecule has 1 saturated heterocycles. The van der Waals surface area contributed by atoms with Crippen molar-refractivity contribution in [3.63, 3.8) is 0 Å². The van der Waals surface area contributed by atoms with Gasteiger partial charge in [0.2, 0.25) is 10.0 Å². The molecule has 1 aliphatic heterocycles. The van der Waals surface area contributed by atoms with Gasteiger partial charge in [-0.3, -0.25) is 4.99 Å². The highest BCUT2D eigenvalue weighted by Gasteiger charge is 2.24. The van der Waals surface area contributed by atoms with Crippen molar-refractivity contribution in [3.8, 4) is 0 Å². The average molecular weight is 393 g/mol. The quantitative estimate of drug-likeness (QED) is 0.601. The third kappa shape index (κ3) is 4.81. The molecule has 0 radical (unpaired) electrons. The lowest BCUT2D eigenvalue weighted by atomic mass is 9.98. The van der Waals surface area contributed by atoms with Crippen LogP contribution in [-0.2, 0) is 16.6 Å². The molecule has 1 aromatic carbocycles. The maximum absolute atomic E-state index is 11.6. The second-order valence-corrected chi connectivity index (χ2v) is 9.04. The summed E-state index contributed by atoms with van der Waals surface area (Å²) >= 11 is 0. The molecule has 148 valence electrons. The Balaban J connectivity index is 1.49.